The second-order valence-corrected chi connectivity index (χ2v) is 5.71. The van der Waals surface area contributed by atoms with Crippen LogP contribution in [0.3, 0.4) is 0 Å². The van der Waals surface area contributed by atoms with Crippen molar-refractivity contribution in [3.05, 3.63) is 47.2 Å². The maximum atomic E-state index is 13.9. The second-order valence-electron chi connectivity index (χ2n) is 5.71. The summed E-state index contributed by atoms with van der Waals surface area (Å²) in [4.78, 5) is 15.8. The van der Waals surface area contributed by atoms with E-state index in [-0.39, 0.29) is 17.9 Å². The van der Waals surface area contributed by atoms with Crippen molar-refractivity contribution in [2.45, 2.75) is 13.5 Å². The molecule has 0 radical (unpaired) electrons. The van der Waals surface area contributed by atoms with Crippen molar-refractivity contribution in [1.82, 2.24) is 15.0 Å². The molecule has 1 aromatic carbocycles. The molecule has 0 spiro atoms. The maximum Gasteiger partial charge on any atom is 0.323 e. The quantitative estimate of drug-likeness (QED) is 0.880. The van der Waals surface area contributed by atoms with E-state index in [4.69, 9.17) is 4.52 Å². The predicted octanol–water partition coefficient (Wildman–Crippen LogP) is 2.86. The number of carbonyl (C=O) groups is 1. The third-order valence-corrected chi connectivity index (χ3v) is 3.34. The first-order valence-electron chi connectivity index (χ1n) is 7.43. The second kappa shape index (κ2) is 7.87. The van der Waals surface area contributed by atoms with Crippen LogP contribution in [0.4, 0.5) is 19.4 Å². The summed E-state index contributed by atoms with van der Waals surface area (Å²) < 4.78 is 31.8. The average Bonchev–Trinajstić information content (AvgIpc) is 2.90. The lowest BCUT2D eigenvalue weighted by atomic mass is 10.2. The molecular weight excluding hydrogens is 318 g/mol. The summed E-state index contributed by atoms with van der Waals surface area (Å²) in [5.41, 5.74) is 0.238. The van der Waals surface area contributed by atoms with Crippen LogP contribution in [-0.4, -0.2) is 48.2 Å². The van der Waals surface area contributed by atoms with E-state index in [1.165, 1.54) is 17.0 Å². The Morgan fingerprint density at radius 3 is 2.58 bits per heavy atom. The molecule has 0 aliphatic rings. The molecule has 0 fully saturated rings. The van der Waals surface area contributed by atoms with Crippen molar-refractivity contribution in [3.8, 4) is 0 Å². The molecule has 0 saturated heterocycles. The van der Waals surface area contributed by atoms with Gasteiger partial charge in [-0.25, -0.2) is 13.6 Å². The molecule has 0 bridgehead atoms. The topological polar surface area (TPSA) is 61.6 Å². The maximum absolute atomic E-state index is 13.9. The number of hydrogen-bond donors (Lipinski definition) is 1. The molecule has 0 aliphatic carbocycles. The number of hydrogen-bond acceptors (Lipinski definition) is 4. The first-order valence-corrected chi connectivity index (χ1v) is 7.43. The standard InChI is InChI=1S/C16H20F2N4O2/c1-11-8-15(20-24-11)19-16(23)22(7-6-21(2)3)10-12-4-5-13(17)9-14(12)18/h4-5,8-9H,6-7,10H2,1-3H3,(H,19,20,23). The molecule has 0 atom stereocenters. The van der Waals surface area contributed by atoms with Crippen LogP contribution in [0.2, 0.25) is 0 Å². The zero-order valence-electron chi connectivity index (χ0n) is 13.8. The fourth-order valence-corrected chi connectivity index (χ4v) is 2.04. The van der Waals surface area contributed by atoms with Crippen LogP contribution >= 0.6 is 0 Å². The minimum atomic E-state index is -0.685. The Morgan fingerprint density at radius 2 is 2.00 bits per heavy atom. The summed E-state index contributed by atoms with van der Waals surface area (Å²) in [6, 6.07) is 4.45. The number of likely N-dealkylation sites (N-methyl/N-ethyl adjacent to an activating group) is 1. The third-order valence-electron chi connectivity index (χ3n) is 3.34. The average molecular weight is 338 g/mol. The van der Waals surface area contributed by atoms with Crippen LogP contribution < -0.4 is 5.32 Å². The molecule has 0 aliphatic heterocycles. The summed E-state index contributed by atoms with van der Waals surface area (Å²) >= 11 is 0. The molecule has 1 N–H and O–H groups in total. The van der Waals surface area contributed by atoms with E-state index >= 15 is 0 Å². The lowest BCUT2D eigenvalue weighted by molar-refractivity contribution is 0.201. The first-order chi connectivity index (χ1) is 11.3. The molecular formula is C16H20F2N4O2. The number of urea groups is 1. The van der Waals surface area contributed by atoms with E-state index in [0.717, 1.165) is 6.07 Å². The van der Waals surface area contributed by atoms with Gasteiger partial charge in [0.25, 0.3) is 0 Å². The van der Waals surface area contributed by atoms with Crippen molar-refractivity contribution in [2.75, 3.05) is 32.5 Å². The van der Waals surface area contributed by atoms with Crippen LogP contribution in [0.1, 0.15) is 11.3 Å². The summed E-state index contributed by atoms with van der Waals surface area (Å²) in [6.07, 6.45) is 0. The Bertz CT molecular complexity index is 703. The molecule has 24 heavy (non-hydrogen) atoms. The highest BCUT2D eigenvalue weighted by Gasteiger charge is 2.18. The lowest BCUT2D eigenvalue weighted by Crippen LogP contribution is -2.39. The van der Waals surface area contributed by atoms with Gasteiger partial charge in [0, 0.05) is 30.8 Å². The van der Waals surface area contributed by atoms with Gasteiger partial charge in [-0.05, 0) is 27.1 Å². The Kier molecular flexibility index (Phi) is 5.86. The van der Waals surface area contributed by atoms with Gasteiger partial charge in [-0.2, -0.15) is 0 Å². The van der Waals surface area contributed by atoms with Crippen molar-refractivity contribution in [1.29, 1.82) is 0 Å². The Labute approximate surface area is 139 Å². The molecule has 6 nitrogen and oxygen atoms in total. The van der Waals surface area contributed by atoms with E-state index in [9.17, 15) is 13.6 Å². The molecule has 0 saturated carbocycles. The van der Waals surface area contributed by atoms with Gasteiger partial charge in [0.2, 0.25) is 0 Å². The minimum absolute atomic E-state index is 0.0165. The lowest BCUT2D eigenvalue weighted by Gasteiger charge is -2.24. The largest absolute Gasteiger partial charge is 0.360 e. The highest BCUT2D eigenvalue weighted by Crippen LogP contribution is 2.14. The Balaban J connectivity index is 2.12. The number of aromatic nitrogens is 1. The van der Waals surface area contributed by atoms with Crippen molar-refractivity contribution < 1.29 is 18.1 Å². The van der Waals surface area contributed by atoms with Crippen molar-refractivity contribution in [3.63, 3.8) is 0 Å². The normalized spacial score (nSPS) is 10.9. The monoisotopic (exact) mass is 338 g/mol. The van der Waals surface area contributed by atoms with Crippen LogP contribution in [0, 0.1) is 18.6 Å². The molecule has 2 amide bonds. The number of amides is 2. The van der Waals surface area contributed by atoms with Crippen LogP contribution in [0.5, 0.6) is 0 Å². The van der Waals surface area contributed by atoms with Gasteiger partial charge in [0.15, 0.2) is 5.82 Å². The van der Waals surface area contributed by atoms with Gasteiger partial charge >= 0.3 is 6.03 Å². The third kappa shape index (κ3) is 5.02. The van der Waals surface area contributed by atoms with Crippen LogP contribution in [0.25, 0.3) is 0 Å². The number of anilines is 1. The molecule has 8 heteroatoms. The van der Waals surface area contributed by atoms with Crippen molar-refractivity contribution >= 4 is 11.8 Å². The Hall–Kier alpha value is -2.48. The van der Waals surface area contributed by atoms with Gasteiger partial charge < -0.3 is 14.3 Å². The fourth-order valence-electron chi connectivity index (χ4n) is 2.04. The number of halogens is 2. The zero-order valence-corrected chi connectivity index (χ0v) is 13.8. The summed E-state index contributed by atoms with van der Waals surface area (Å²) in [7, 11) is 3.74. The molecule has 2 aromatic rings. The van der Waals surface area contributed by atoms with Crippen LogP contribution in [0.15, 0.2) is 28.8 Å². The fraction of sp³-hybridized carbons (Fsp3) is 0.375. The van der Waals surface area contributed by atoms with E-state index in [0.29, 0.717) is 18.8 Å². The number of nitrogens with zero attached hydrogens (tertiary/aromatic N) is 3. The zero-order chi connectivity index (χ0) is 17.7. The summed E-state index contributed by atoms with van der Waals surface area (Å²) in [5, 5.41) is 6.31. The van der Waals surface area contributed by atoms with E-state index in [1.54, 1.807) is 13.0 Å². The number of aryl methyl sites for hydroxylation is 1. The SMILES string of the molecule is Cc1cc(NC(=O)N(CCN(C)C)Cc2ccc(F)cc2F)no1. The summed E-state index contributed by atoms with van der Waals surface area (Å²) in [6.45, 7) is 2.68. The molecule has 1 aromatic heterocycles. The van der Waals surface area contributed by atoms with E-state index < -0.39 is 17.7 Å². The van der Waals surface area contributed by atoms with Gasteiger partial charge in [0.05, 0.1) is 6.54 Å². The Morgan fingerprint density at radius 1 is 1.25 bits per heavy atom. The summed E-state index contributed by atoms with van der Waals surface area (Å²) in [5.74, 6) is -0.491. The number of benzene rings is 1. The van der Waals surface area contributed by atoms with E-state index in [2.05, 4.69) is 10.5 Å². The first kappa shape index (κ1) is 17.9. The number of carbonyl (C=O) groups excluding carboxylic acids is 1. The predicted molar refractivity (Wildman–Crippen MR) is 85.6 cm³/mol. The molecule has 130 valence electrons. The molecule has 1 heterocycles. The molecule has 0 unspecified atom stereocenters. The smallest absolute Gasteiger partial charge is 0.323 e. The highest BCUT2D eigenvalue weighted by molar-refractivity contribution is 5.88. The number of rotatable bonds is 6. The van der Waals surface area contributed by atoms with Gasteiger partial charge in [-0.1, -0.05) is 11.2 Å². The van der Waals surface area contributed by atoms with Gasteiger partial charge in [-0.3, -0.25) is 5.32 Å². The van der Waals surface area contributed by atoms with Gasteiger partial charge in [-0.15, -0.1) is 0 Å². The van der Waals surface area contributed by atoms with E-state index in [1.807, 2.05) is 19.0 Å². The van der Waals surface area contributed by atoms with Crippen LogP contribution in [-0.2, 0) is 6.54 Å². The highest BCUT2D eigenvalue weighted by atomic mass is 19.1. The molecule has 2 rings (SSSR count). The van der Waals surface area contributed by atoms with Crippen molar-refractivity contribution in [2.24, 2.45) is 0 Å². The number of nitrogens with one attached hydrogen (secondary N) is 1. The minimum Gasteiger partial charge on any atom is -0.360 e. The van der Waals surface area contributed by atoms with Gasteiger partial charge in [0.1, 0.15) is 17.4 Å².